The van der Waals surface area contributed by atoms with Crippen molar-refractivity contribution in [3.63, 3.8) is 0 Å². The number of esters is 1. The molecule has 1 aliphatic carbocycles. The maximum atomic E-state index is 13.0. The predicted molar refractivity (Wildman–Crippen MR) is 119 cm³/mol. The molecular weight excluding hydrogens is 392 g/mol. The number of nitrogens with zero attached hydrogens (tertiary/aromatic N) is 1. The normalized spacial score (nSPS) is 26.8. The van der Waals surface area contributed by atoms with Gasteiger partial charge in [0, 0.05) is 24.1 Å². The van der Waals surface area contributed by atoms with Crippen LogP contribution in [0, 0.1) is 30.6 Å². The molecule has 168 valence electrons. The molecule has 1 saturated carbocycles. The number of fused-ring (bicyclic) bond motifs is 1. The summed E-state index contributed by atoms with van der Waals surface area (Å²) in [6.45, 7) is 6.56. The minimum Gasteiger partial charge on any atom is -0.453 e. The number of carbonyl (C=O) groups is 2. The van der Waals surface area contributed by atoms with Gasteiger partial charge in [0.2, 0.25) is 0 Å². The minimum absolute atomic E-state index is 0.0174. The first-order valence-corrected chi connectivity index (χ1v) is 11.2. The molecule has 0 unspecified atom stereocenters. The zero-order valence-corrected chi connectivity index (χ0v) is 19.0. The van der Waals surface area contributed by atoms with E-state index in [1.807, 2.05) is 45.0 Å². The van der Waals surface area contributed by atoms with Crippen LogP contribution in [0.4, 0.5) is 4.79 Å². The SMILES string of the molecule is CC[C@H](C)[C@H](N)C(=O)O[C@@]1(C#Cc2cccc(C)c2)CCC[C@@H]2[C@H]1CCN2C(=O)OC. The number of likely N-dealkylation sites (tertiary alicyclic amines) is 1. The van der Waals surface area contributed by atoms with Crippen molar-refractivity contribution < 1.29 is 19.1 Å². The van der Waals surface area contributed by atoms with Crippen molar-refractivity contribution in [3.8, 4) is 11.8 Å². The van der Waals surface area contributed by atoms with Gasteiger partial charge < -0.3 is 20.1 Å². The molecule has 5 atom stereocenters. The van der Waals surface area contributed by atoms with E-state index in [9.17, 15) is 9.59 Å². The van der Waals surface area contributed by atoms with E-state index in [2.05, 4.69) is 11.8 Å². The summed E-state index contributed by atoms with van der Waals surface area (Å²) >= 11 is 0. The lowest BCUT2D eigenvalue weighted by Gasteiger charge is -2.43. The number of rotatable bonds is 4. The lowest BCUT2D eigenvalue weighted by atomic mass is 9.72. The first-order chi connectivity index (χ1) is 14.8. The topological polar surface area (TPSA) is 81.9 Å². The number of methoxy groups -OCH3 is 1. The summed E-state index contributed by atoms with van der Waals surface area (Å²) in [5.41, 5.74) is 7.24. The van der Waals surface area contributed by atoms with Crippen LogP contribution in [0.5, 0.6) is 0 Å². The van der Waals surface area contributed by atoms with Crippen LogP contribution in [-0.4, -0.2) is 48.3 Å². The second kappa shape index (κ2) is 9.74. The third-order valence-corrected chi connectivity index (χ3v) is 6.85. The Morgan fingerprint density at radius 1 is 1.35 bits per heavy atom. The number of benzene rings is 1. The van der Waals surface area contributed by atoms with Gasteiger partial charge in [0.15, 0.2) is 5.60 Å². The van der Waals surface area contributed by atoms with E-state index in [1.165, 1.54) is 7.11 Å². The molecule has 1 amide bonds. The van der Waals surface area contributed by atoms with Gasteiger partial charge >= 0.3 is 12.1 Å². The fraction of sp³-hybridized carbons (Fsp3) is 0.600. The molecule has 0 bridgehead atoms. The maximum Gasteiger partial charge on any atom is 0.409 e. The van der Waals surface area contributed by atoms with Crippen LogP contribution in [0.25, 0.3) is 0 Å². The van der Waals surface area contributed by atoms with Gasteiger partial charge in [-0.15, -0.1) is 0 Å². The number of hydrogen-bond acceptors (Lipinski definition) is 5. The second-order valence-corrected chi connectivity index (χ2v) is 8.86. The zero-order valence-electron chi connectivity index (χ0n) is 19.0. The molecule has 0 radical (unpaired) electrons. The quantitative estimate of drug-likeness (QED) is 0.587. The van der Waals surface area contributed by atoms with E-state index >= 15 is 0 Å². The number of nitrogens with two attached hydrogens (primary N) is 1. The monoisotopic (exact) mass is 426 g/mol. The molecule has 1 aliphatic heterocycles. The number of hydrogen-bond donors (Lipinski definition) is 1. The Labute approximate surface area is 185 Å². The molecular formula is C25H34N2O4. The van der Waals surface area contributed by atoms with Crippen LogP contribution in [0.3, 0.4) is 0 Å². The van der Waals surface area contributed by atoms with Crippen molar-refractivity contribution in [1.82, 2.24) is 4.90 Å². The van der Waals surface area contributed by atoms with Gasteiger partial charge in [-0.25, -0.2) is 4.79 Å². The van der Waals surface area contributed by atoms with Crippen molar-refractivity contribution in [2.24, 2.45) is 17.6 Å². The van der Waals surface area contributed by atoms with Crippen molar-refractivity contribution >= 4 is 12.1 Å². The van der Waals surface area contributed by atoms with Gasteiger partial charge in [-0.3, -0.25) is 4.79 Å². The largest absolute Gasteiger partial charge is 0.453 e. The summed E-state index contributed by atoms with van der Waals surface area (Å²) in [6, 6.07) is 7.21. The average molecular weight is 427 g/mol. The number of aryl methyl sites for hydroxylation is 1. The first-order valence-electron chi connectivity index (χ1n) is 11.2. The molecule has 1 aromatic carbocycles. The Hall–Kier alpha value is -2.52. The third kappa shape index (κ3) is 4.88. The van der Waals surface area contributed by atoms with Crippen molar-refractivity contribution in [2.45, 2.75) is 70.6 Å². The van der Waals surface area contributed by atoms with Gasteiger partial charge in [-0.05, 0) is 62.1 Å². The summed E-state index contributed by atoms with van der Waals surface area (Å²) in [5.74, 6) is 6.14. The van der Waals surface area contributed by atoms with Crippen molar-refractivity contribution in [1.29, 1.82) is 0 Å². The predicted octanol–water partition coefficient (Wildman–Crippen LogP) is 3.64. The highest BCUT2D eigenvalue weighted by atomic mass is 16.6. The molecule has 0 spiro atoms. The molecule has 6 nitrogen and oxygen atoms in total. The van der Waals surface area contributed by atoms with Gasteiger partial charge in [0.1, 0.15) is 6.04 Å². The van der Waals surface area contributed by atoms with E-state index in [0.717, 1.165) is 30.4 Å². The highest BCUT2D eigenvalue weighted by Gasteiger charge is 2.54. The van der Waals surface area contributed by atoms with Crippen LogP contribution in [0.2, 0.25) is 0 Å². The fourth-order valence-electron chi connectivity index (χ4n) is 4.80. The lowest BCUT2D eigenvalue weighted by molar-refractivity contribution is -0.165. The van der Waals surface area contributed by atoms with Crippen molar-refractivity contribution in [3.05, 3.63) is 35.4 Å². The van der Waals surface area contributed by atoms with E-state index in [0.29, 0.717) is 19.4 Å². The van der Waals surface area contributed by atoms with E-state index in [1.54, 1.807) is 4.90 Å². The van der Waals surface area contributed by atoms with Gasteiger partial charge in [-0.2, -0.15) is 0 Å². The average Bonchev–Trinajstić information content (AvgIpc) is 3.22. The van der Waals surface area contributed by atoms with Gasteiger partial charge in [0.05, 0.1) is 7.11 Å². The highest BCUT2D eigenvalue weighted by Crippen LogP contribution is 2.45. The summed E-state index contributed by atoms with van der Waals surface area (Å²) in [4.78, 5) is 27.1. The minimum atomic E-state index is -0.961. The summed E-state index contributed by atoms with van der Waals surface area (Å²) < 4.78 is 11.2. The third-order valence-electron chi connectivity index (χ3n) is 6.85. The highest BCUT2D eigenvalue weighted by molar-refractivity contribution is 5.77. The molecule has 31 heavy (non-hydrogen) atoms. The van der Waals surface area contributed by atoms with E-state index in [-0.39, 0.29) is 24.0 Å². The number of carbonyl (C=O) groups excluding carboxylic acids is 2. The molecule has 2 fully saturated rings. The molecule has 2 aliphatic rings. The van der Waals surface area contributed by atoms with Gasteiger partial charge in [-0.1, -0.05) is 38.3 Å². The fourth-order valence-corrected chi connectivity index (χ4v) is 4.80. The van der Waals surface area contributed by atoms with Crippen LogP contribution in [0.15, 0.2) is 24.3 Å². The Morgan fingerprint density at radius 2 is 2.13 bits per heavy atom. The molecule has 1 saturated heterocycles. The van der Waals surface area contributed by atoms with Crippen LogP contribution in [0.1, 0.15) is 57.1 Å². The van der Waals surface area contributed by atoms with E-state index in [4.69, 9.17) is 15.2 Å². The standard InChI is InChI=1S/C25H34N2O4/c1-5-18(3)22(26)23(28)31-25(14-11-19-9-6-8-17(2)16-19)13-7-10-21-20(25)12-15-27(21)24(29)30-4/h6,8-9,16,18,20-22H,5,7,10,12-13,15,26H2,1-4H3/t18-,20+,21+,22-,25+/m0/s1. The molecule has 0 aromatic heterocycles. The molecule has 3 rings (SSSR count). The second-order valence-electron chi connectivity index (χ2n) is 8.86. The molecule has 1 aromatic rings. The lowest BCUT2D eigenvalue weighted by Crippen LogP contribution is -2.54. The summed E-state index contributed by atoms with van der Waals surface area (Å²) in [6.07, 6.45) is 3.47. The molecule has 6 heteroatoms. The number of ether oxygens (including phenoxy) is 2. The smallest absolute Gasteiger partial charge is 0.409 e. The van der Waals surface area contributed by atoms with Crippen LogP contribution < -0.4 is 5.73 Å². The maximum absolute atomic E-state index is 13.0. The van der Waals surface area contributed by atoms with Crippen molar-refractivity contribution in [2.75, 3.05) is 13.7 Å². The summed E-state index contributed by atoms with van der Waals surface area (Å²) in [7, 11) is 1.40. The molecule has 1 heterocycles. The summed E-state index contributed by atoms with van der Waals surface area (Å²) in [5, 5.41) is 0. The Balaban J connectivity index is 1.97. The van der Waals surface area contributed by atoms with E-state index < -0.39 is 17.6 Å². The van der Waals surface area contributed by atoms with Gasteiger partial charge in [0.25, 0.3) is 0 Å². The zero-order chi connectivity index (χ0) is 22.6. The number of amides is 1. The first kappa shape index (κ1) is 23.1. The van der Waals surface area contributed by atoms with Crippen LogP contribution >= 0.6 is 0 Å². The van der Waals surface area contributed by atoms with Crippen LogP contribution in [-0.2, 0) is 14.3 Å². The Kier molecular flexibility index (Phi) is 7.27. The Bertz CT molecular complexity index is 874. The molecule has 2 N–H and O–H groups in total. The Morgan fingerprint density at radius 3 is 2.81 bits per heavy atom.